The van der Waals surface area contributed by atoms with Crippen molar-refractivity contribution in [3.05, 3.63) is 29.3 Å². The predicted molar refractivity (Wildman–Crippen MR) is 80.6 cm³/mol. The second-order valence-corrected chi connectivity index (χ2v) is 5.97. The zero-order valence-corrected chi connectivity index (χ0v) is 12.4. The van der Waals surface area contributed by atoms with Crippen LogP contribution in [0.2, 0.25) is 0 Å². The molecule has 0 aromatic heterocycles. The van der Waals surface area contributed by atoms with Gasteiger partial charge in [0.25, 0.3) is 0 Å². The molecule has 0 atom stereocenters. The average Bonchev–Trinajstić information content (AvgIpc) is 2.39. The van der Waals surface area contributed by atoms with Gasteiger partial charge in [-0.15, -0.1) is 0 Å². The van der Waals surface area contributed by atoms with Crippen molar-refractivity contribution in [2.24, 2.45) is 5.92 Å². The maximum absolute atomic E-state index is 9.51. The largest absolute Gasteiger partial charge is 0.392 e. The van der Waals surface area contributed by atoms with Crippen molar-refractivity contribution in [3.8, 4) is 0 Å². The van der Waals surface area contributed by atoms with Gasteiger partial charge in [0, 0.05) is 44.0 Å². The number of aliphatic hydroxyl groups excluding tert-OH is 1. The topological polar surface area (TPSA) is 26.7 Å². The van der Waals surface area contributed by atoms with Gasteiger partial charge in [-0.3, -0.25) is 4.90 Å². The highest BCUT2D eigenvalue weighted by atomic mass is 16.3. The molecule has 106 valence electrons. The van der Waals surface area contributed by atoms with Crippen LogP contribution in [0.25, 0.3) is 0 Å². The van der Waals surface area contributed by atoms with Gasteiger partial charge in [0.2, 0.25) is 0 Å². The second-order valence-electron chi connectivity index (χ2n) is 5.97. The van der Waals surface area contributed by atoms with Crippen molar-refractivity contribution in [3.63, 3.8) is 0 Å². The number of aliphatic hydroxyl groups is 1. The molecule has 1 saturated heterocycles. The van der Waals surface area contributed by atoms with Crippen LogP contribution < -0.4 is 4.90 Å². The lowest BCUT2D eigenvalue weighted by molar-refractivity contribution is 0.230. The third kappa shape index (κ3) is 3.71. The molecule has 0 radical (unpaired) electrons. The highest BCUT2D eigenvalue weighted by Gasteiger charge is 2.19. The minimum absolute atomic E-state index is 0.128. The Morgan fingerprint density at radius 3 is 2.42 bits per heavy atom. The van der Waals surface area contributed by atoms with E-state index in [1.54, 1.807) is 0 Å². The summed E-state index contributed by atoms with van der Waals surface area (Å²) in [6, 6.07) is 6.38. The fourth-order valence-corrected chi connectivity index (χ4v) is 2.84. The highest BCUT2D eigenvalue weighted by Crippen LogP contribution is 2.23. The Bertz CT molecular complexity index is 409. The Kier molecular flexibility index (Phi) is 4.83. The molecule has 3 heteroatoms. The summed E-state index contributed by atoms with van der Waals surface area (Å²) in [7, 11) is 0. The Balaban J connectivity index is 2.01. The molecule has 0 bridgehead atoms. The number of nitrogens with zero attached hydrogens (tertiary/aromatic N) is 2. The van der Waals surface area contributed by atoms with Crippen LogP contribution in [0.4, 0.5) is 5.69 Å². The van der Waals surface area contributed by atoms with Gasteiger partial charge in [0.15, 0.2) is 0 Å². The number of benzene rings is 1. The SMILES string of the molecule is Cc1ccc(N2CCN(CC(C)C)CC2)c(CO)c1. The van der Waals surface area contributed by atoms with Crippen LogP contribution in [0.3, 0.4) is 0 Å². The van der Waals surface area contributed by atoms with Crippen LogP contribution in [0.15, 0.2) is 18.2 Å². The van der Waals surface area contributed by atoms with Crippen LogP contribution in [-0.2, 0) is 6.61 Å². The molecule has 1 aromatic carbocycles. The molecule has 0 saturated carbocycles. The van der Waals surface area contributed by atoms with Crippen LogP contribution in [0, 0.1) is 12.8 Å². The lowest BCUT2D eigenvalue weighted by Crippen LogP contribution is -2.47. The minimum Gasteiger partial charge on any atom is -0.392 e. The summed E-state index contributed by atoms with van der Waals surface area (Å²) in [5.41, 5.74) is 3.47. The third-order valence-electron chi connectivity index (χ3n) is 3.74. The van der Waals surface area contributed by atoms with Crippen molar-refractivity contribution in [2.75, 3.05) is 37.6 Å². The van der Waals surface area contributed by atoms with Gasteiger partial charge in [-0.05, 0) is 18.9 Å². The molecule has 2 rings (SSSR count). The van der Waals surface area contributed by atoms with Crippen molar-refractivity contribution < 1.29 is 5.11 Å². The number of aryl methyl sites for hydroxylation is 1. The maximum atomic E-state index is 9.51. The van der Waals surface area contributed by atoms with Crippen molar-refractivity contribution in [1.29, 1.82) is 0 Å². The van der Waals surface area contributed by atoms with E-state index in [0.29, 0.717) is 0 Å². The summed E-state index contributed by atoms with van der Waals surface area (Å²) in [5.74, 6) is 0.735. The van der Waals surface area contributed by atoms with E-state index in [1.807, 2.05) is 0 Å². The molecule has 0 amide bonds. The molecule has 0 aliphatic carbocycles. The molecule has 1 fully saturated rings. The second kappa shape index (κ2) is 6.40. The number of hydrogen-bond donors (Lipinski definition) is 1. The van der Waals surface area contributed by atoms with Crippen molar-refractivity contribution in [2.45, 2.75) is 27.4 Å². The van der Waals surface area contributed by atoms with Crippen molar-refractivity contribution in [1.82, 2.24) is 4.90 Å². The van der Waals surface area contributed by atoms with Gasteiger partial charge >= 0.3 is 0 Å². The summed E-state index contributed by atoms with van der Waals surface area (Å²) in [6.07, 6.45) is 0. The van der Waals surface area contributed by atoms with Crippen LogP contribution in [0.5, 0.6) is 0 Å². The number of rotatable bonds is 4. The smallest absolute Gasteiger partial charge is 0.0702 e. The lowest BCUT2D eigenvalue weighted by atomic mass is 10.1. The van der Waals surface area contributed by atoms with Gasteiger partial charge < -0.3 is 10.0 Å². The molecular weight excluding hydrogens is 236 g/mol. The van der Waals surface area contributed by atoms with Gasteiger partial charge in [0.05, 0.1) is 6.61 Å². The number of hydrogen-bond acceptors (Lipinski definition) is 3. The van der Waals surface area contributed by atoms with E-state index >= 15 is 0 Å². The van der Waals surface area contributed by atoms with E-state index in [1.165, 1.54) is 17.8 Å². The first kappa shape index (κ1) is 14.4. The average molecular weight is 262 g/mol. The quantitative estimate of drug-likeness (QED) is 0.901. The summed E-state index contributed by atoms with van der Waals surface area (Å²) in [5, 5.41) is 9.51. The lowest BCUT2D eigenvalue weighted by Gasteiger charge is -2.37. The summed E-state index contributed by atoms with van der Waals surface area (Å²) in [4.78, 5) is 4.94. The molecule has 0 unspecified atom stereocenters. The van der Waals surface area contributed by atoms with Gasteiger partial charge in [0.1, 0.15) is 0 Å². The van der Waals surface area contributed by atoms with E-state index in [9.17, 15) is 5.11 Å². The van der Waals surface area contributed by atoms with Crippen LogP contribution in [-0.4, -0.2) is 42.7 Å². The zero-order valence-electron chi connectivity index (χ0n) is 12.4. The molecule has 1 aliphatic rings. The molecule has 1 N–H and O–H groups in total. The Morgan fingerprint density at radius 1 is 1.16 bits per heavy atom. The van der Waals surface area contributed by atoms with Crippen molar-refractivity contribution >= 4 is 5.69 Å². The van der Waals surface area contributed by atoms with Gasteiger partial charge in [-0.1, -0.05) is 31.5 Å². The molecule has 0 spiro atoms. The number of anilines is 1. The molecular formula is C16H26N2O. The van der Waals surface area contributed by atoms with E-state index in [2.05, 4.69) is 48.8 Å². The van der Waals surface area contributed by atoms with E-state index in [0.717, 1.165) is 37.7 Å². The van der Waals surface area contributed by atoms with E-state index in [-0.39, 0.29) is 6.61 Å². The highest BCUT2D eigenvalue weighted by molar-refractivity contribution is 5.55. The molecule has 19 heavy (non-hydrogen) atoms. The Morgan fingerprint density at radius 2 is 1.84 bits per heavy atom. The van der Waals surface area contributed by atoms with Gasteiger partial charge in [-0.25, -0.2) is 0 Å². The fourth-order valence-electron chi connectivity index (χ4n) is 2.84. The first-order valence-corrected chi connectivity index (χ1v) is 7.28. The fraction of sp³-hybridized carbons (Fsp3) is 0.625. The summed E-state index contributed by atoms with van der Waals surface area (Å²) in [6.45, 7) is 12.3. The predicted octanol–water partition coefficient (Wildman–Crippen LogP) is 2.27. The standard InChI is InChI=1S/C16H26N2O/c1-13(2)11-17-6-8-18(9-7-17)16-5-4-14(3)10-15(16)12-19/h4-5,10,13,19H,6-9,11-12H2,1-3H3. The number of piperazine rings is 1. The molecule has 1 aromatic rings. The van der Waals surface area contributed by atoms with Crippen LogP contribution >= 0.6 is 0 Å². The molecule has 1 heterocycles. The maximum Gasteiger partial charge on any atom is 0.0702 e. The minimum atomic E-state index is 0.128. The summed E-state index contributed by atoms with van der Waals surface area (Å²) >= 11 is 0. The van der Waals surface area contributed by atoms with Gasteiger partial charge in [-0.2, -0.15) is 0 Å². The summed E-state index contributed by atoms with van der Waals surface area (Å²) < 4.78 is 0. The third-order valence-corrected chi connectivity index (χ3v) is 3.74. The van der Waals surface area contributed by atoms with E-state index < -0.39 is 0 Å². The van der Waals surface area contributed by atoms with E-state index in [4.69, 9.17) is 0 Å². The monoisotopic (exact) mass is 262 g/mol. The Labute approximate surface area is 116 Å². The van der Waals surface area contributed by atoms with Crippen LogP contribution in [0.1, 0.15) is 25.0 Å². The molecule has 1 aliphatic heterocycles. The zero-order chi connectivity index (χ0) is 13.8. The molecule has 3 nitrogen and oxygen atoms in total. The first-order valence-electron chi connectivity index (χ1n) is 7.28. The first-order chi connectivity index (χ1) is 9.10. The normalized spacial score (nSPS) is 17.2. The Hall–Kier alpha value is -1.06.